The first-order chi connectivity index (χ1) is 15.7. The number of carbonyl (C=O) groups excluding carboxylic acids is 1. The van der Waals surface area contributed by atoms with Gasteiger partial charge in [0.05, 0.1) is 17.3 Å². The molecule has 0 radical (unpaired) electrons. The van der Waals surface area contributed by atoms with Crippen molar-refractivity contribution in [3.8, 4) is 5.75 Å². The van der Waals surface area contributed by atoms with Crippen molar-refractivity contribution in [2.24, 2.45) is 0 Å². The third kappa shape index (κ3) is 5.40. The zero-order chi connectivity index (χ0) is 24.1. The number of nitrogens with zero attached hydrogens (tertiary/aromatic N) is 2. The Morgan fingerprint density at radius 1 is 1.21 bits per heavy atom. The Morgan fingerprint density at radius 3 is 2.55 bits per heavy atom. The average molecular weight is 458 g/mol. The Kier molecular flexibility index (Phi) is 7.84. The van der Waals surface area contributed by atoms with Gasteiger partial charge in [0.25, 0.3) is 17.0 Å². The van der Waals surface area contributed by atoms with Crippen molar-refractivity contribution in [2.45, 2.75) is 70.9 Å². The van der Waals surface area contributed by atoms with E-state index in [2.05, 4.69) is 15.7 Å². The van der Waals surface area contributed by atoms with Crippen LogP contribution >= 0.6 is 0 Å². The van der Waals surface area contributed by atoms with Crippen molar-refractivity contribution in [1.82, 2.24) is 14.7 Å². The monoisotopic (exact) mass is 457 g/mol. The number of phenols is 1. The second-order valence-corrected chi connectivity index (χ2v) is 9.02. The third-order valence-corrected chi connectivity index (χ3v) is 6.12. The fourth-order valence-electron chi connectivity index (χ4n) is 4.35. The summed E-state index contributed by atoms with van der Waals surface area (Å²) in [5, 5.41) is 19.7. The van der Waals surface area contributed by atoms with Crippen molar-refractivity contribution >= 4 is 23.0 Å². The molecule has 1 aliphatic carbocycles. The second kappa shape index (κ2) is 10.6. The van der Waals surface area contributed by atoms with Crippen LogP contribution in [0.1, 0.15) is 75.2 Å². The Hall–Kier alpha value is -3.23. The van der Waals surface area contributed by atoms with E-state index in [1.54, 1.807) is 26.2 Å². The van der Waals surface area contributed by atoms with Gasteiger partial charge in [-0.05, 0) is 38.3 Å². The van der Waals surface area contributed by atoms with E-state index in [0.717, 1.165) is 44.9 Å². The van der Waals surface area contributed by atoms with Gasteiger partial charge in [-0.1, -0.05) is 38.7 Å². The zero-order valence-corrected chi connectivity index (χ0v) is 19.9. The van der Waals surface area contributed by atoms with Gasteiger partial charge in [-0.15, -0.1) is 0 Å². The van der Waals surface area contributed by atoms with E-state index >= 15 is 0 Å². The highest BCUT2D eigenvalue weighted by atomic mass is 16.3. The number of anilines is 3. The number of aromatic hydroxyl groups is 1. The van der Waals surface area contributed by atoms with Crippen molar-refractivity contribution in [2.75, 3.05) is 24.7 Å². The third-order valence-electron chi connectivity index (χ3n) is 6.12. The van der Waals surface area contributed by atoms with Gasteiger partial charge in [0.2, 0.25) is 0 Å². The van der Waals surface area contributed by atoms with Crippen LogP contribution in [-0.4, -0.2) is 45.8 Å². The molecule has 0 bridgehead atoms. The summed E-state index contributed by atoms with van der Waals surface area (Å²) in [6, 6.07) is 4.61. The minimum Gasteiger partial charge on any atom is -0.505 e. The van der Waals surface area contributed by atoms with Crippen molar-refractivity contribution in [3.05, 3.63) is 44.5 Å². The van der Waals surface area contributed by atoms with Crippen LogP contribution in [0.4, 0.5) is 17.1 Å². The van der Waals surface area contributed by atoms with E-state index in [-0.39, 0.29) is 51.9 Å². The summed E-state index contributed by atoms with van der Waals surface area (Å²) < 4.78 is 1.42. The predicted octanol–water partition coefficient (Wildman–Crippen LogP) is 3.79. The summed E-state index contributed by atoms with van der Waals surface area (Å²) >= 11 is 0. The van der Waals surface area contributed by atoms with E-state index in [1.165, 1.54) is 15.6 Å². The molecule has 1 atom stereocenters. The quantitative estimate of drug-likeness (QED) is 0.448. The van der Waals surface area contributed by atoms with E-state index in [9.17, 15) is 19.5 Å². The number of benzene rings is 1. The minimum absolute atomic E-state index is 0.0307. The molecule has 1 heterocycles. The average Bonchev–Trinajstić information content (AvgIpc) is 2.79. The first-order valence-corrected chi connectivity index (χ1v) is 11.7. The van der Waals surface area contributed by atoms with Gasteiger partial charge < -0.3 is 20.6 Å². The van der Waals surface area contributed by atoms with Crippen LogP contribution in [0.2, 0.25) is 0 Å². The molecule has 9 heteroatoms. The number of amides is 1. The fraction of sp³-hybridized carbons (Fsp3) is 0.542. The molecule has 1 aromatic carbocycles. The van der Waals surface area contributed by atoms with Crippen LogP contribution in [0.3, 0.4) is 0 Å². The number of hydrogen-bond acceptors (Lipinski definition) is 6. The topological polar surface area (TPSA) is 119 Å². The van der Waals surface area contributed by atoms with Gasteiger partial charge in [-0.3, -0.25) is 19.5 Å². The largest absolute Gasteiger partial charge is 0.505 e. The van der Waals surface area contributed by atoms with Gasteiger partial charge in [-0.2, -0.15) is 0 Å². The molecule has 1 aromatic heterocycles. The molecular weight excluding hydrogens is 422 g/mol. The highest BCUT2D eigenvalue weighted by Crippen LogP contribution is 2.32. The molecule has 9 nitrogen and oxygen atoms in total. The van der Waals surface area contributed by atoms with Crippen LogP contribution < -0.4 is 21.8 Å². The summed E-state index contributed by atoms with van der Waals surface area (Å²) in [6.45, 7) is 4.00. The number of hydrogen-bond donors (Lipinski definition) is 4. The number of carbonyl (C=O) groups is 1. The molecular formula is C24H35N5O4. The fourth-order valence-corrected chi connectivity index (χ4v) is 4.35. The highest BCUT2D eigenvalue weighted by Gasteiger charge is 2.24. The Balaban J connectivity index is 2.11. The first kappa shape index (κ1) is 24.4. The summed E-state index contributed by atoms with van der Waals surface area (Å²) in [7, 11) is 3.19. The Morgan fingerprint density at radius 2 is 1.91 bits per heavy atom. The molecule has 4 N–H and O–H groups in total. The zero-order valence-electron chi connectivity index (χ0n) is 19.9. The van der Waals surface area contributed by atoms with Gasteiger partial charge in [-0.25, -0.2) is 4.68 Å². The lowest BCUT2D eigenvalue weighted by Gasteiger charge is -2.25. The molecule has 180 valence electrons. The van der Waals surface area contributed by atoms with E-state index in [4.69, 9.17) is 0 Å². The predicted molar refractivity (Wildman–Crippen MR) is 131 cm³/mol. The maximum absolute atomic E-state index is 13.6. The lowest BCUT2D eigenvalue weighted by molar-refractivity contribution is 0.0824. The Bertz CT molecular complexity index is 1100. The van der Waals surface area contributed by atoms with Crippen molar-refractivity contribution in [1.29, 1.82) is 0 Å². The number of nitrogens with one attached hydrogen (secondary N) is 3. The number of aromatic nitrogens is 2. The minimum atomic E-state index is -0.398. The molecule has 1 fully saturated rings. The van der Waals surface area contributed by atoms with Crippen LogP contribution in [0.5, 0.6) is 5.75 Å². The normalized spacial score (nSPS) is 15.2. The lowest BCUT2D eigenvalue weighted by atomic mass is 9.95. The molecule has 33 heavy (non-hydrogen) atoms. The summed E-state index contributed by atoms with van der Waals surface area (Å²) in [5.74, 6) is -0.635. The van der Waals surface area contributed by atoms with Gasteiger partial charge >= 0.3 is 0 Å². The first-order valence-electron chi connectivity index (χ1n) is 11.7. The summed E-state index contributed by atoms with van der Waals surface area (Å²) in [4.78, 5) is 40.5. The van der Waals surface area contributed by atoms with E-state index in [1.807, 2.05) is 13.8 Å². The molecule has 0 saturated heterocycles. The number of H-pyrrole nitrogens is 1. The van der Waals surface area contributed by atoms with Crippen molar-refractivity contribution < 1.29 is 9.90 Å². The SMILES string of the molecule is CCCC(C)Nc1c(Nc2cccc(C(=O)N(C)C)c2O)c(=O)n(C2CCCCC2)[nH]c1=O. The molecule has 0 spiro atoms. The molecule has 1 amide bonds. The van der Waals surface area contributed by atoms with Crippen LogP contribution in [0.15, 0.2) is 27.8 Å². The maximum atomic E-state index is 13.6. The number of aromatic amines is 1. The van der Waals surface area contributed by atoms with Gasteiger partial charge in [0.1, 0.15) is 11.4 Å². The van der Waals surface area contributed by atoms with E-state index in [0.29, 0.717) is 0 Å². The molecule has 1 unspecified atom stereocenters. The molecule has 1 saturated carbocycles. The lowest BCUT2D eigenvalue weighted by Crippen LogP contribution is -2.37. The summed E-state index contributed by atoms with van der Waals surface area (Å²) in [5.41, 5.74) is -0.265. The second-order valence-electron chi connectivity index (χ2n) is 9.02. The molecule has 0 aliphatic heterocycles. The van der Waals surface area contributed by atoms with E-state index < -0.39 is 5.56 Å². The molecule has 3 rings (SSSR count). The number of para-hydroxylation sites is 1. The number of phenolic OH excluding ortho intramolecular Hbond substituents is 1. The van der Waals surface area contributed by atoms with Crippen LogP contribution in [0.25, 0.3) is 0 Å². The van der Waals surface area contributed by atoms with Gasteiger partial charge in [0.15, 0.2) is 5.75 Å². The standard InChI is InChI=1S/C24H35N5O4/c1-5-10-15(2)25-19-20(24(33)29(27-22(19)31)16-11-7-6-8-12-16)26-18-14-9-13-17(21(18)30)23(32)28(3)4/h9,13-16,25-26,30H,5-8,10-12H2,1-4H3,(H,27,31). The summed E-state index contributed by atoms with van der Waals surface area (Å²) in [6.07, 6.45) is 6.52. The Labute approximate surface area is 193 Å². The van der Waals surface area contributed by atoms with Crippen LogP contribution in [0, 0.1) is 0 Å². The van der Waals surface area contributed by atoms with Gasteiger partial charge in [0, 0.05) is 20.1 Å². The number of rotatable bonds is 8. The van der Waals surface area contributed by atoms with Crippen molar-refractivity contribution in [3.63, 3.8) is 0 Å². The highest BCUT2D eigenvalue weighted by molar-refractivity contribution is 5.98. The molecule has 1 aliphatic rings. The maximum Gasteiger partial charge on any atom is 0.291 e. The molecule has 2 aromatic rings. The smallest absolute Gasteiger partial charge is 0.291 e. The van der Waals surface area contributed by atoms with Crippen LogP contribution in [-0.2, 0) is 0 Å².